The van der Waals surface area contributed by atoms with E-state index in [0.29, 0.717) is 12.2 Å². The molecule has 18 heavy (non-hydrogen) atoms. The Morgan fingerprint density at radius 2 is 2.00 bits per heavy atom. The van der Waals surface area contributed by atoms with E-state index >= 15 is 0 Å². The maximum absolute atomic E-state index is 10.8. The number of ether oxygens (including phenoxy) is 1. The van der Waals surface area contributed by atoms with Crippen LogP contribution in [0, 0.1) is 24.0 Å². The second-order valence-corrected chi connectivity index (χ2v) is 4.26. The standard InChI is InChI=1S/C13H20N2O3/c1-4-5-14-6-7-18-13-9-10(2)12(15(16)17)8-11(13)3/h8-9,14H,4-7H2,1-3H3. The summed E-state index contributed by atoms with van der Waals surface area (Å²) in [5, 5.41) is 14.0. The molecule has 100 valence electrons. The fourth-order valence-electron chi connectivity index (χ4n) is 1.66. The van der Waals surface area contributed by atoms with Crippen LogP contribution in [-0.4, -0.2) is 24.6 Å². The third kappa shape index (κ3) is 4.00. The molecule has 0 radical (unpaired) electrons. The van der Waals surface area contributed by atoms with Crippen LogP contribution in [0.25, 0.3) is 0 Å². The molecule has 0 spiro atoms. The van der Waals surface area contributed by atoms with Crippen LogP contribution in [0.5, 0.6) is 5.75 Å². The summed E-state index contributed by atoms with van der Waals surface area (Å²) < 4.78 is 5.61. The topological polar surface area (TPSA) is 64.4 Å². The molecule has 0 aliphatic carbocycles. The number of nitro benzene ring substituents is 1. The first-order valence-corrected chi connectivity index (χ1v) is 6.15. The van der Waals surface area contributed by atoms with E-state index in [1.165, 1.54) is 0 Å². The second-order valence-electron chi connectivity index (χ2n) is 4.26. The molecule has 0 amide bonds. The zero-order chi connectivity index (χ0) is 13.5. The molecule has 0 bridgehead atoms. The zero-order valence-electron chi connectivity index (χ0n) is 11.2. The lowest BCUT2D eigenvalue weighted by Gasteiger charge is -2.10. The molecular weight excluding hydrogens is 232 g/mol. The van der Waals surface area contributed by atoms with Crippen LogP contribution in [0.4, 0.5) is 5.69 Å². The molecule has 1 aromatic carbocycles. The number of nitrogens with zero attached hydrogens (tertiary/aromatic N) is 1. The Morgan fingerprint density at radius 3 is 2.61 bits per heavy atom. The zero-order valence-corrected chi connectivity index (χ0v) is 11.2. The highest BCUT2D eigenvalue weighted by Crippen LogP contribution is 2.27. The van der Waals surface area contributed by atoms with E-state index in [1.54, 1.807) is 19.1 Å². The third-order valence-electron chi connectivity index (χ3n) is 2.65. The van der Waals surface area contributed by atoms with E-state index in [9.17, 15) is 10.1 Å². The van der Waals surface area contributed by atoms with Gasteiger partial charge in [-0.05, 0) is 38.4 Å². The molecule has 0 aromatic heterocycles. The van der Waals surface area contributed by atoms with Gasteiger partial charge in [-0.25, -0.2) is 0 Å². The van der Waals surface area contributed by atoms with E-state index < -0.39 is 0 Å². The van der Waals surface area contributed by atoms with Crippen molar-refractivity contribution >= 4 is 5.69 Å². The highest BCUT2D eigenvalue weighted by molar-refractivity contribution is 5.49. The quantitative estimate of drug-likeness (QED) is 0.460. The number of hydrogen-bond donors (Lipinski definition) is 1. The molecular formula is C13H20N2O3. The Hall–Kier alpha value is -1.62. The molecule has 5 heteroatoms. The summed E-state index contributed by atoms with van der Waals surface area (Å²) in [6.45, 7) is 7.97. The van der Waals surface area contributed by atoms with Gasteiger partial charge in [0.1, 0.15) is 12.4 Å². The minimum atomic E-state index is -0.366. The molecule has 0 aliphatic rings. The van der Waals surface area contributed by atoms with Crippen LogP contribution < -0.4 is 10.1 Å². The number of nitrogens with one attached hydrogen (secondary N) is 1. The van der Waals surface area contributed by atoms with Crippen molar-refractivity contribution in [1.29, 1.82) is 0 Å². The van der Waals surface area contributed by atoms with E-state index in [-0.39, 0.29) is 10.6 Å². The predicted molar refractivity (Wildman–Crippen MR) is 71.2 cm³/mol. The smallest absolute Gasteiger partial charge is 0.272 e. The Kier molecular flexibility index (Phi) is 5.58. The van der Waals surface area contributed by atoms with Gasteiger partial charge in [-0.15, -0.1) is 0 Å². The minimum Gasteiger partial charge on any atom is -0.492 e. The van der Waals surface area contributed by atoms with Crippen molar-refractivity contribution in [2.45, 2.75) is 27.2 Å². The lowest BCUT2D eigenvalue weighted by Crippen LogP contribution is -2.21. The van der Waals surface area contributed by atoms with Crippen molar-refractivity contribution in [1.82, 2.24) is 5.32 Å². The minimum absolute atomic E-state index is 0.143. The number of aryl methyl sites for hydroxylation is 2. The molecule has 0 aliphatic heterocycles. The van der Waals surface area contributed by atoms with Crippen molar-refractivity contribution in [2.75, 3.05) is 19.7 Å². The van der Waals surface area contributed by atoms with Crippen molar-refractivity contribution in [2.24, 2.45) is 0 Å². The van der Waals surface area contributed by atoms with E-state index in [2.05, 4.69) is 12.2 Å². The monoisotopic (exact) mass is 252 g/mol. The maximum atomic E-state index is 10.8. The first-order chi connectivity index (χ1) is 8.56. The van der Waals surface area contributed by atoms with Crippen LogP contribution in [0.3, 0.4) is 0 Å². The summed E-state index contributed by atoms with van der Waals surface area (Å²) in [6.07, 6.45) is 1.09. The first kappa shape index (κ1) is 14.4. The summed E-state index contributed by atoms with van der Waals surface area (Å²) >= 11 is 0. The fraction of sp³-hybridized carbons (Fsp3) is 0.538. The number of rotatable bonds is 7. The summed E-state index contributed by atoms with van der Waals surface area (Å²) in [5.74, 6) is 0.719. The Balaban J connectivity index is 2.62. The summed E-state index contributed by atoms with van der Waals surface area (Å²) in [6, 6.07) is 3.29. The van der Waals surface area contributed by atoms with Crippen LogP contribution >= 0.6 is 0 Å². The molecule has 0 fully saturated rings. The van der Waals surface area contributed by atoms with Gasteiger partial charge in [0.05, 0.1) is 4.92 Å². The first-order valence-electron chi connectivity index (χ1n) is 6.15. The van der Waals surface area contributed by atoms with E-state index in [0.717, 1.165) is 30.8 Å². The Bertz CT molecular complexity index is 419. The van der Waals surface area contributed by atoms with E-state index in [1.807, 2.05) is 6.92 Å². The summed E-state index contributed by atoms with van der Waals surface area (Å²) in [4.78, 5) is 10.4. The molecule has 1 N–H and O–H groups in total. The summed E-state index contributed by atoms with van der Waals surface area (Å²) in [7, 11) is 0. The molecule has 0 unspecified atom stereocenters. The van der Waals surface area contributed by atoms with Gasteiger partial charge in [-0.2, -0.15) is 0 Å². The normalized spacial score (nSPS) is 10.4. The lowest BCUT2D eigenvalue weighted by molar-refractivity contribution is -0.385. The lowest BCUT2D eigenvalue weighted by atomic mass is 10.1. The Morgan fingerprint density at radius 1 is 1.28 bits per heavy atom. The maximum Gasteiger partial charge on any atom is 0.272 e. The van der Waals surface area contributed by atoms with Gasteiger partial charge in [0.2, 0.25) is 0 Å². The third-order valence-corrected chi connectivity index (χ3v) is 2.65. The summed E-state index contributed by atoms with van der Waals surface area (Å²) in [5.41, 5.74) is 1.56. The van der Waals surface area contributed by atoms with Crippen molar-refractivity contribution < 1.29 is 9.66 Å². The van der Waals surface area contributed by atoms with Gasteiger partial charge in [-0.1, -0.05) is 6.92 Å². The predicted octanol–water partition coefficient (Wildman–Crippen LogP) is 2.59. The van der Waals surface area contributed by atoms with Gasteiger partial charge in [-0.3, -0.25) is 10.1 Å². The van der Waals surface area contributed by atoms with Crippen molar-refractivity contribution in [3.63, 3.8) is 0 Å². The number of nitro groups is 1. The van der Waals surface area contributed by atoms with Gasteiger partial charge in [0.15, 0.2) is 0 Å². The average molecular weight is 252 g/mol. The number of hydrogen-bond acceptors (Lipinski definition) is 4. The van der Waals surface area contributed by atoms with Crippen LogP contribution in [-0.2, 0) is 0 Å². The molecule has 0 saturated carbocycles. The SMILES string of the molecule is CCCNCCOc1cc(C)c([N+](=O)[O-])cc1C. The number of benzene rings is 1. The van der Waals surface area contributed by atoms with Crippen LogP contribution in [0.1, 0.15) is 24.5 Å². The van der Waals surface area contributed by atoms with Gasteiger partial charge < -0.3 is 10.1 Å². The second kappa shape index (κ2) is 6.96. The van der Waals surface area contributed by atoms with E-state index in [4.69, 9.17) is 4.74 Å². The van der Waals surface area contributed by atoms with Crippen molar-refractivity contribution in [3.05, 3.63) is 33.4 Å². The molecule has 0 heterocycles. The van der Waals surface area contributed by atoms with Crippen LogP contribution in [0.2, 0.25) is 0 Å². The van der Waals surface area contributed by atoms with Gasteiger partial charge >= 0.3 is 0 Å². The highest BCUT2D eigenvalue weighted by atomic mass is 16.6. The Labute approximate surface area is 107 Å². The molecule has 5 nitrogen and oxygen atoms in total. The average Bonchev–Trinajstić information content (AvgIpc) is 2.32. The molecule has 0 saturated heterocycles. The molecule has 1 rings (SSSR count). The van der Waals surface area contributed by atoms with Gasteiger partial charge in [0, 0.05) is 18.2 Å². The largest absolute Gasteiger partial charge is 0.492 e. The van der Waals surface area contributed by atoms with Crippen LogP contribution in [0.15, 0.2) is 12.1 Å². The molecule has 1 aromatic rings. The molecule has 0 atom stereocenters. The van der Waals surface area contributed by atoms with Crippen molar-refractivity contribution in [3.8, 4) is 5.75 Å². The van der Waals surface area contributed by atoms with Gasteiger partial charge in [0.25, 0.3) is 5.69 Å². The fourth-order valence-corrected chi connectivity index (χ4v) is 1.66. The highest BCUT2D eigenvalue weighted by Gasteiger charge is 2.13.